The molecule has 18 aromatic carbocycles. The third-order valence-corrected chi connectivity index (χ3v) is 40.4. The van der Waals surface area contributed by atoms with Gasteiger partial charge < -0.3 is 0 Å². The molecule has 6 heterocycles. The van der Waals surface area contributed by atoms with Crippen molar-refractivity contribution in [2.45, 2.75) is 0 Å². The molecule has 12 heteroatoms. The predicted molar refractivity (Wildman–Crippen MR) is 512 cm³/mol. The van der Waals surface area contributed by atoms with E-state index in [1.54, 1.807) is 0 Å². The fourth-order valence-corrected chi connectivity index (χ4v) is 30.9. The van der Waals surface area contributed by atoms with E-state index in [0.29, 0.717) is 0 Å². The molecule has 0 aliphatic heterocycles. The molecule has 0 saturated heterocycles. The molecule has 0 fully saturated rings. The number of imidazole rings is 3. The molecular formula is C105H69N6P3S2Se. The summed E-state index contributed by atoms with van der Waals surface area (Å²) in [5.41, 5.74) is 10.9. The SMILES string of the molecule is S=P(c1ccccc1)(c1ccccc1)c1ccc2c(c1)c1nc3ccccc3n1c1c3ccccc3ccc21.S=P(c1ccccc1)(c1ccccc1)c1cccc2c1c1ccc3ccccc3c1n1c3ccccc3nc21.[Se]=P(c1ccccc1)(c1ccccc1)c1ccc2c(c1)c1ccc3ccccc3c1n1c3ccccc3nc21. The molecule has 24 rings (SSSR count). The second-order valence-corrected chi connectivity index (χ2v) is 44.8. The molecule has 0 aliphatic rings. The number of pyridine rings is 3. The third kappa shape index (κ3) is 11.3. The van der Waals surface area contributed by atoms with Gasteiger partial charge in [0.2, 0.25) is 0 Å². The fourth-order valence-electron chi connectivity index (χ4n) is 18.1. The van der Waals surface area contributed by atoms with Gasteiger partial charge in [0.05, 0.1) is 33.1 Å². The molecule has 0 atom stereocenters. The van der Waals surface area contributed by atoms with E-state index in [1.807, 2.05) is 0 Å². The van der Waals surface area contributed by atoms with Crippen molar-refractivity contribution in [3.05, 3.63) is 419 Å². The standard InChI is InChI=1S/2C35H23N2PS.C35H23N2PSe/c39-38(25-13-3-1-4-14-25,26-15-5-2-6-16-26)32-21-11-18-29-33(32)28-23-22-24-12-7-8-17-27(24)34(28)37-31-20-10-9-19-30(31)36-35(29)37;39-38(25-12-3-1-4-13-25,26-14-5-2-6-15-26)27-20-22-29-30-21-19-24-11-7-8-16-28(24)34(30)37-33-18-10-9-17-32(33)36-35(37)31(29)23-27;39-38(25-12-3-1-4-13-25,26-14-5-2-6-15-26)27-20-22-30-31(23-27)29-21-19-24-11-7-8-16-28(24)34(29)37-33-18-10-9-17-32(33)36-35(30)37/h3*1-23H. The van der Waals surface area contributed by atoms with Gasteiger partial charge in [0.25, 0.3) is 0 Å². The number of hydrogen-bond acceptors (Lipinski definition) is 5. The van der Waals surface area contributed by atoms with Crippen molar-refractivity contribution < 1.29 is 0 Å². The molecule has 0 amide bonds. The van der Waals surface area contributed by atoms with Crippen LogP contribution in [0.4, 0.5) is 0 Å². The molecule has 0 radical (unpaired) electrons. The number of aromatic nitrogens is 6. The van der Waals surface area contributed by atoms with E-state index in [4.69, 9.17) is 38.6 Å². The minimum absolute atomic E-state index is 0.972. The van der Waals surface area contributed by atoms with Gasteiger partial charge in [0.15, 0.2) is 0 Å². The van der Waals surface area contributed by atoms with E-state index in [0.717, 1.165) is 60.8 Å². The summed E-state index contributed by atoms with van der Waals surface area (Å²) in [5, 5.41) is 29.3. The van der Waals surface area contributed by atoms with Crippen LogP contribution in [-0.4, -0.2) is 43.3 Å². The summed E-state index contributed by atoms with van der Waals surface area (Å²) < 4.78 is 7.07. The van der Waals surface area contributed by atoms with Crippen LogP contribution in [0.3, 0.4) is 0 Å². The summed E-state index contributed by atoms with van der Waals surface area (Å²) in [6.45, 7) is 0. The zero-order valence-corrected chi connectivity index (χ0v) is 69.1. The summed E-state index contributed by atoms with van der Waals surface area (Å²) in [6, 6.07) is 145. The van der Waals surface area contributed by atoms with Gasteiger partial charge in [-0.3, -0.25) is 8.80 Å². The zero-order valence-electron chi connectivity index (χ0n) is 63.1. The van der Waals surface area contributed by atoms with Crippen LogP contribution in [0.5, 0.6) is 0 Å². The Hall–Kier alpha value is -12.6. The quantitative estimate of drug-likeness (QED) is 0.0819. The van der Waals surface area contributed by atoms with Crippen molar-refractivity contribution in [1.82, 2.24) is 28.2 Å². The van der Waals surface area contributed by atoms with Crippen LogP contribution in [0.1, 0.15) is 0 Å². The molecule has 24 aromatic rings. The van der Waals surface area contributed by atoms with Crippen LogP contribution >= 0.6 is 17.6 Å². The normalized spacial score (nSPS) is 12.2. The molecule has 0 aliphatic carbocycles. The van der Waals surface area contributed by atoms with Crippen molar-refractivity contribution in [3.63, 3.8) is 0 Å². The predicted octanol–water partition coefficient (Wildman–Crippen LogP) is 22.7. The molecule has 117 heavy (non-hydrogen) atoms. The molecule has 0 N–H and O–H groups in total. The number of hydrogen-bond donors (Lipinski definition) is 0. The van der Waals surface area contributed by atoms with Crippen LogP contribution in [0, 0.1) is 0 Å². The second-order valence-electron chi connectivity index (χ2n) is 29.8. The number of fused-ring (bicyclic) bond motifs is 30. The van der Waals surface area contributed by atoms with Gasteiger partial charge in [-0.05, 0) is 73.0 Å². The van der Waals surface area contributed by atoms with Crippen molar-refractivity contribution in [1.29, 1.82) is 0 Å². The third-order valence-electron chi connectivity index (χ3n) is 23.5. The van der Waals surface area contributed by atoms with Gasteiger partial charge in [0.1, 0.15) is 11.3 Å². The Bertz CT molecular complexity index is 8100. The molecular weight excluding hydrogens is 1580 g/mol. The van der Waals surface area contributed by atoms with E-state index in [9.17, 15) is 0 Å². The number of para-hydroxylation sites is 6. The molecule has 0 unspecified atom stereocenters. The van der Waals surface area contributed by atoms with Crippen molar-refractivity contribution in [3.8, 4) is 0 Å². The molecule has 0 bridgehead atoms. The Morgan fingerprint density at radius 3 is 0.983 bits per heavy atom. The van der Waals surface area contributed by atoms with E-state index in [2.05, 4.69) is 447 Å². The summed E-state index contributed by atoms with van der Waals surface area (Å²) in [4.78, 5) is 15.6. The Morgan fingerprint density at radius 1 is 0.214 bits per heavy atom. The monoisotopic (exact) mass is 1650 g/mol. The van der Waals surface area contributed by atoms with Gasteiger partial charge in [-0.1, -0.05) is 272 Å². The van der Waals surface area contributed by atoms with Crippen LogP contribution in [-0.2, 0) is 23.6 Å². The van der Waals surface area contributed by atoms with Gasteiger partial charge in [0, 0.05) is 55.1 Å². The van der Waals surface area contributed by atoms with E-state index < -0.39 is 17.6 Å². The summed E-state index contributed by atoms with van der Waals surface area (Å²) in [7, 11) is 0. The first-order valence-electron chi connectivity index (χ1n) is 39.3. The van der Waals surface area contributed by atoms with Crippen molar-refractivity contribution in [2.75, 3.05) is 0 Å². The molecule has 552 valence electrons. The summed E-state index contributed by atoms with van der Waals surface area (Å²) in [6.07, 6.45) is 0. The van der Waals surface area contributed by atoms with E-state index in [-0.39, 0.29) is 0 Å². The Morgan fingerprint density at radius 2 is 0.530 bits per heavy atom. The molecule has 6 nitrogen and oxygen atoms in total. The number of rotatable bonds is 9. The number of nitrogens with zero attached hydrogens (tertiary/aromatic N) is 6. The van der Waals surface area contributed by atoms with E-state index in [1.165, 1.54) is 134 Å². The van der Waals surface area contributed by atoms with Crippen LogP contribution in [0.2, 0.25) is 0 Å². The average Bonchev–Trinajstić information content (AvgIpc) is 1.63. The Balaban J connectivity index is 0.000000106. The summed E-state index contributed by atoms with van der Waals surface area (Å²) >= 11 is 17.3. The van der Waals surface area contributed by atoms with Crippen LogP contribution in [0.15, 0.2) is 419 Å². The minimum atomic E-state index is -2.40. The van der Waals surface area contributed by atoms with Crippen molar-refractivity contribution in [2.24, 2.45) is 0 Å². The maximum atomic E-state index is 6.86. The van der Waals surface area contributed by atoms with Gasteiger partial charge in [-0.25, -0.2) is 9.97 Å². The number of benzene rings is 18. The Labute approximate surface area is 692 Å². The molecule has 6 aromatic heterocycles. The maximum absolute atomic E-state index is 6.86. The van der Waals surface area contributed by atoms with Gasteiger partial charge >= 0.3 is 235 Å². The topological polar surface area (TPSA) is 51.9 Å². The zero-order chi connectivity index (χ0) is 77.9. The Kier molecular flexibility index (Phi) is 17.4. The first kappa shape index (κ1) is 71.0. The van der Waals surface area contributed by atoms with Crippen LogP contribution < -0.4 is 47.7 Å². The summed E-state index contributed by atoms with van der Waals surface area (Å²) in [5.74, 6) is 0. The average molecular weight is 1650 g/mol. The second kappa shape index (κ2) is 28.7. The van der Waals surface area contributed by atoms with Gasteiger partial charge in [-0.15, -0.1) is 0 Å². The van der Waals surface area contributed by atoms with Crippen LogP contribution in [0.25, 0.3) is 147 Å². The van der Waals surface area contributed by atoms with Gasteiger partial charge in [-0.2, -0.15) is 0 Å². The van der Waals surface area contributed by atoms with Crippen molar-refractivity contribution >= 4 is 251 Å². The first-order chi connectivity index (χ1) is 57.7. The van der Waals surface area contributed by atoms with E-state index >= 15 is 0 Å². The molecule has 0 spiro atoms. The fraction of sp³-hybridized carbons (Fsp3) is 0. The first-order valence-corrected chi connectivity index (χ1v) is 48.9. The molecule has 0 saturated carbocycles.